The van der Waals surface area contributed by atoms with Crippen molar-refractivity contribution in [3.8, 4) is 52.9 Å². The van der Waals surface area contributed by atoms with Gasteiger partial charge in [0.05, 0.1) is 23.5 Å². The molecule has 0 aliphatic heterocycles. The molecule has 460 valence electrons. The molecule has 86 heavy (non-hydrogen) atoms. The molecule has 10 rings (SSSR count). The first-order chi connectivity index (χ1) is 42.2. The fourth-order valence-electron chi connectivity index (χ4n) is 13.7. The van der Waals surface area contributed by atoms with Crippen LogP contribution in [0.1, 0.15) is 263 Å². The Morgan fingerprint density at radius 2 is 0.605 bits per heavy atom. The molecule has 9 heteroatoms. The topological polar surface area (TPSA) is 51.6 Å². The molecule has 5 heterocycles. The van der Waals surface area contributed by atoms with Crippen molar-refractivity contribution >= 4 is 79.5 Å². The van der Waals surface area contributed by atoms with Gasteiger partial charge in [0.25, 0.3) is 0 Å². The summed E-state index contributed by atoms with van der Waals surface area (Å²) in [5.41, 5.74) is 21.1. The number of hydrogen-bond acceptors (Lipinski definition) is 9. The van der Waals surface area contributed by atoms with Gasteiger partial charge in [0.1, 0.15) is 22.1 Å². The van der Waals surface area contributed by atoms with Gasteiger partial charge in [-0.15, -0.1) is 34.0 Å². The molecule has 0 atom stereocenters. The van der Waals surface area contributed by atoms with Gasteiger partial charge >= 0.3 is 0 Å². The van der Waals surface area contributed by atoms with Crippen LogP contribution in [0.25, 0.3) is 75.0 Å². The van der Waals surface area contributed by atoms with E-state index in [1.54, 1.807) is 22.5 Å². The summed E-state index contributed by atoms with van der Waals surface area (Å²) in [7, 11) is 0. The van der Waals surface area contributed by atoms with Crippen LogP contribution in [0.2, 0.25) is 0 Å². The maximum absolute atomic E-state index is 4.81. The van der Waals surface area contributed by atoms with Crippen LogP contribution in [-0.2, 0) is 18.3 Å². The first-order valence-electron chi connectivity index (χ1n) is 34.2. The summed E-state index contributed by atoms with van der Waals surface area (Å²) in [5, 5.41) is 0. The minimum atomic E-state index is 0.225. The molecule has 0 unspecified atom stereocenters. The lowest BCUT2D eigenvalue weighted by molar-refractivity contribution is 0.396. The Morgan fingerprint density at radius 3 is 0.953 bits per heavy atom. The molecular formula is C77H102N4S5. The van der Waals surface area contributed by atoms with Crippen LogP contribution in [0.4, 0.5) is 0 Å². The van der Waals surface area contributed by atoms with Gasteiger partial charge in [-0.3, -0.25) is 0 Å². The molecule has 0 N–H and O–H groups in total. The van der Waals surface area contributed by atoms with E-state index in [0.29, 0.717) is 0 Å². The van der Waals surface area contributed by atoms with Crippen molar-refractivity contribution in [1.82, 2.24) is 17.5 Å². The summed E-state index contributed by atoms with van der Waals surface area (Å²) in [6.45, 7) is 18.3. The summed E-state index contributed by atoms with van der Waals surface area (Å²) < 4.78 is 19.2. The number of hydrogen-bond donors (Lipinski definition) is 0. The normalized spacial score (nSPS) is 12.6. The van der Waals surface area contributed by atoms with Crippen molar-refractivity contribution < 1.29 is 0 Å². The number of rotatable bonds is 36. The third-order valence-corrected chi connectivity index (χ3v) is 23.2. The molecule has 1 aliphatic carbocycles. The molecule has 0 amide bonds. The van der Waals surface area contributed by atoms with Crippen molar-refractivity contribution in [2.45, 2.75) is 266 Å². The van der Waals surface area contributed by atoms with Crippen molar-refractivity contribution in [3.63, 3.8) is 0 Å². The monoisotopic (exact) mass is 1240 g/mol. The molecule has 0 spiro atoms. The third kappa shape index (κ3) is 16.9. The molecule has 0 saturated heterocycles. The van der Waals surface area contributed by atoms with Gasteiger partial charge in [-0.05, 0) is 124 Å². The summed E-state index contributed by atoms with van der Waals surface area (Å²) >= 11 is 8.19. The molecule has 0 bridgehead atoms. The van der Waals surface area contributed by atoms with E-state index in [2.05, 4.69) is 140 Å². The van der Waals surface area contributed by atoms with Crippen LogP contribution in [0.5, 0.6) is 0 Å². The minimum Gasteiger partial charge on any atom is -0.172 e. The summed E-state index contributed by atoms with van der Waals surface area (Å²) in [4.78, 5) is 7.84. The van der Waals surface area contributed by atoms with E-state index in [-0.39, 0.29) is 5.41 Å². The minimum absolute atomic E-state index is 0.225. The van der Waals surface area contributed by atoms with Crippen LogP contribution in [0, 0.1) is 27.7 Å². The van der Waals surface area contributed by atoms with Crippen molar-refractivity contribution in [2.24, 2.45) is 0 Å². The SMILES string of the molecule is CCCCCCCCCCCCC1(CCCCCCCCCCCC)c2cc(C)ccc2-c2ccc(C)cc21.CCCCCCc1cc(-c2ccc(-c3ccc(-c4ccc(-c5cc(CCCCCC)c(C)s5)c5nsnc45)s3)c3nsnc23)sc1C. The Balaban J connectivity index is 0.000000210. The lowest BCUT2D eigenvalue weighted by Gasteiger charge is -2.33. The molecule has 0 radical (unpaired) electrons. The van der Waals surface area contributed by atoms with E-state index in [9.17, 15) is 0 Å². The van der Waals surface area contributed by atoms with Crippen molar-refractivity contribution in [2.75, 3.05) is 0 Å². The van der Waals surface area contributed by atoms with Gasteiger partial charge in [0.2, 0.25) is 0 Å². The van der Waals surface area contributed by atoms with E-state index in [1.807, 2.05) is 22.7 Å². The second kappa shape index (κ2) is 34.0. The average molecular weight is 1240 g/mol. The highest BCUT2D eigenvalue weighted by molar-refractivity contribution is 7.19. The number of fused-ring (bicyclic) bond motifs is 5. The molecule has 4 aromatic carbocycles. The number of nitrogens with zero attached hydrogens (tertiary/aromatic N) is 4. The van der Waals surface area contributed by atoms with E-state index in [1.165, 1.54) is 290 Å². The zero-order valence-electron chi connectivity index (χ0n) is 54.0. The lowest BCUT2D eigenvalue weighted by Crippen LogP contribution is -2.25. The van der Waals surface area contributed by atoms with E-state index in [0.717, 1.165) is 46.0 Å². The van der Waals surface area contributed by atoms with E-state index >= 15 is 0 Å². The maximum atomic E-state index is 4.81. The van der Waals surface area contributed by atoms with Crippen LogP contribution in [0.15, 0.2) is 84.9 Å². The van der Waals surface area contributed by atoms with Crippen molar-refractivity contribution in [3.05, 3.63) is 128 Å². The van der Waals surface area contributed by atoms with E-state index < -0.39 is 0 Å². The van der Waals surface area contributed by atoms with Crippen LogP contribution < -0.4 is 0 Å². The molecule has 0 saturated carbocycles. The zero-order valence-corrected chi connectivity index (χ0v) is 58.1. The largest absolute Gasteiger partial charge is 0.172 e. The summed E-state index contributed by atoms with van der Waals surface area (Å²) in [5.74, 6) is 0. The van der Waals surface area contributed by atoms with E-state index in [4.69, 9.17) is 17.5 Å². The predicted octanol–water partition coefficient (Wildman–Crippen LogP) is 26.6. The fraction of sp³-hybridized carbons (Fsp3) is 0.532. The molecule has 0 fully saturated rings. The molecular weight excluding hydrogens is 1140 g/mol. The second-order valence-electron chi connectivity index (χ2n) is 25.5. The Morgan fingerprint density at radius 1 is 0.302 bits per heavy atom. The van der Waals surface area contributed by atoms with Gasteiger partial charge in [0, 0.05) is 56.9 Å². The van der Waals surface area contributed by atoms with Crippen LogP contribution in [0.3, 0.4) is 0 Å². The molecule has 4 nitrogen and oxygen atoms in total. The smallest absolute Gasteiger partial charge is 0.114 e. The quantitative estimate of drug-likeness (QED) is 0.0367. The average Bonchev–Trinajstić information content (AvgIpc) is 1.62. The highest BCUT2D eigenvalue weighted by Crippen LogP contribution is 2.55. The number of aryl methyl sites for hydroxylation is 6. The van der Waals surface area contributed by atoms with Crippen LogP contribution >= 0.6 is 57.5 Å². The van der Waals surface area contributed by atoms with Crippen LogP contribution in [-0.4, -0.2) is 17.5 Å². The van der Waals surface area contributed by atoms with Gasteiger partial charge in [0.15, 0.2) is 0 Å². The first-order valence-corrected chi connectivity index (χ1v) is 38.1. The number of unbranched alkanes of at least 4 members (excludes halogenated alkanes) is 24. The summed E-state index contributed by atoms with van der Waals surface area (Å²) in [6, 6.07) is 32.9. The molecule has 5 aromatic heterocycles. The van der Waals surface area contributed by atoms with Gasteiger partial charge in [-0.2, -0.15) is 17.5 Å². The van der Waals surface area contributed by atoms with Gasteiger partial charge in [-0.1, -0.05) is 266 Å². The Hall–Kier alpha value is -4.38. The Bertz CT molecular complexity index is 3260. The molecule has 1 aliphatic rings. The highest BCUT2D eigenvalue weighted by atomic mass is 32.1. The number of benzene rings is 4. The first kappa shape index (κ1) is 66.0. The summed E-state index contributed by atoms with van der Waals surface area (Å²) in [6.07, 6.45) is 43.6. The Labute approximate surface area is 540 Å². The third-order valence-electron chi connectivity index (χ3n) is 18.7. The van der Waals surface area contributed by atoms with Gasteiger partial charge < -0.3 is 0 Å². The number of aromatic nitrogens is 4. The molecule has 9 aromatic rings. The van der Waals surface area contributed by atoms with Gasteiger partial charge in [-0.25, -0.2) is 0 Å². The zero-order chi connectivity index (χ0) is 60.1. The number of thiophene rings is 3. The Kier molecular flexibility index (Phi) is 26.1. The standard InChI is InChI=1S/C39H62.C38H40N4S5/c1-5-7-9-11-13-15-17-19-21-23-29-39(30-24-22-20-18-16-14-12-10-8-6-2)37-31-33(3)25-27-35(37)36-28-26-34(4)32-38(36)39;1-5-7-9-11-13-25-21-33(43-23(25)3)29-17-15-27(35-37(29)41-46-39-35)31-19-20-32(45-31)28-16-18-30(38-36(28)40-47-42-38)34-22-26(24(4)44-34)14-12-10-8-6-2/h25-28,31-32H,5-24,29-30H2,1-4H3;15-22H,5-14H2,1-4H3. The predicted molar refractivity (Wildman–Crippen MR) is 384 cm³/mol. The highest BCUT2D eigenvalue weighted by Gasteiger charge is 2.42. The second-order valence-corrected chi connectivity index (χ2v) is 30.1. The maximum Gasteiger partial charge on any atom is 0.114 e. The van der Waals surface area contributed by atoms with Crippen molar-refractivity contribution in [1.29, 1.82) is 0 Å². The fourth-order valence-corrected chi connectivity index (χ4v) is 18.1. The lowest BCUT2D eigenvalue weighted by atomic mass is 9.70.